The van der Waals surface area contributed by atoms with Crippen LogP contribution in [0.5, 0.6) is 0 Å². The van der Waals surface area contributed by atoms with Gasteiger partial charge in [0.25, 0.3) is 0 Å². The third kappa shape index (κ3) is 3.66. The summed E-state index contributed by atoms with van der Waals surface area (Å²) in [4.78, 5) is 58.4. The van der Waals surface area contributed by atoms with Gasteiger partial charge >= 0.3 is 0 Å². The number of hydrogen-bond donors (Lipinski definition) is 1. The van der Waals surface area contributed by atoms with Crippen LogP contribution in [-0.4, -0.2) is 5.21 Å². The highest BCUT2D eigenvalue weighted by Crippen LogP contribution is 2.37. The fourth-order valence-corrected chi connectivity index (χ4v) is 4.57. The lowest BCUT2D eigenvalue weighted by atomic mass is 10.0. The molecule has 0 radical (unpaired) electrons. The smallest absolute Gasteiger partial charge is 0.228 e. The van der Waals surface area contributed by atoms with Crippen LogP contribution >= 0.6 is 0 Å². The highest BCUT2D eigenvalue weighted by atomic mass is 16.4. The zero-order valence-corrected chi connectivity index (χ0v) is 19.3. The van der Waals surface area contributed by atoms with Gasteiger partial charge in [0.15, 0.2) is 22.3 Å². The van der Waals surface area contributed by atoms with Crippen LogP contribution in [0.15, 0.2) is 92.4 Å². The van der Waals surface area contributed by atoms with Crippen LogP contribution in [-0.2, 0) is 6.42 Å². The van der Waals surface area contributed by atoms with E-state index in [2.05, 4.69) is 25.9 Å². The minimum atomic E-state index is -0.634. The summed E-state index contributed by atoms with van der Waals surface area (Å²) in [5.74, 6) is 0. The predicted octanol–water partition coefficient (Wildman–Crippen LogP) is 6.48. The van der Waals surface area contributed by atoms with E-state index in [0.717, 1.165) is 6.07 Å². The van der Waals surface area contributed by atoms with Crippen molar-refractivity contribution in [2.45, 2.75) is 6.42 Å². The predicted molar refractivity (Wildman–Crippen MR) is 136 cm³/mol. The highest BCUT2D eigenvalue weighted by Gasteiger charge is 2.21. The summed E-state index contributed by atoms with van der Waals surface area (Å²) in [5.41, 5.74) is -0.462. The molecule has 0 atom stereocenters. The maximum absolute atomic E-state index is 13.0. The summed E-state index contributed by atoms with van der Waals surface area (Å²) in [7, 11) is 0. The van der Waals surface area contributed by atoms with Crippen molar-refractivity contribution in [1.82, 2.24) is 0 Å². The topological polar surface area (TPSA) is 207 Å². The lowest BCUT2D eigenvalue weighted by molar-refractivity contribution is 0.302. The fourth-order valence-electron chi connectivity index (χ4n) is 4.57. The average molecular weight is 525 g/mol. The maximum Gasteiger partial charge on any atom is 0.228 e. The van der Waals surface area contributed by atoms with Crippen LogP contribution < -0.4 is 10.8 Å². The fraction of sp³-hybridized carbons (Fsp3) is 0.0400. The Morgan fingerprint density at radius 1 is 0.667 bits per heavy atom. The summed E-state index contributed by atoms with van der Waals surface area (Å²) in [6.07, 6.45) is 0.0732. The summed E-state index contributed by atoms with van der Waals surface area (Å²) in [6, 6.07) is 10.7. The molecule has 2 heterocycles. The van der Waals surface area contributed by atoms with Gasteiger partial charge in [0.05, 0.1) is 10.8 Å². The summed E-state index contributed by atoms with van der Waals surface area (Å²) < 4.78 is 17.8. The van der Waals surface area contributed by atoms with Crippen molar-refractivity contribution in [3.8, 4) is 0 Å². The van der Waals surface area contributed by atoms with E-state index >= 15 is 0 Å². The van der Waals surface area contributed by atoms with Crippen molar-refractivity contribution in [2.24, 2.45) is 25.9 Å². The first-order valence-corrected chi connectivity index (χ1v) is 11.1. The molecular weight excluding hydrogens is 514 g/mol. The Hall–Kier alpha value is -5.92. The third-order valence-corrected chi connectivity index (χ3v) is 6.16. The molecule has 0 bridgehead atoms. The van der Waals surface area contributed by atoms with Crippen LogP contribution in [0.25, 0.3) is 33.1 Å². The van der Waals surface area contributed by atoms with Crippen molar-refractivity contribution in [2.75, 3.05) is 0 Å². The highest BCUT2D eigenvalue weighted by molar-refractivity contribution is 6.10. The van der Waals surface area contributed by atoms with E-state index in [1.54, 1.807) is 0 Å². The maximum atomic E-state index is 13.0. The lowest BCUT2D eigenvalue weighted by Crippen LogP contribution is -2.02. The van der Waals surface area contributed by atoms with Gasteiger partial charge in [-0.15, -0.1) is 19.6 Å². The number of rotatable bonds is 6. The van der Waals surface area contributed by atoms with Gasteiger partial charge in [-0.3, -0.25) is 4.79 Å². The molecule has 190 valence electrons. The molecule has 1 aromatic heterocycles. The molecule has 14 nitrogen and oxygen atoms in total. The zero-order chi connectivity index (χ0) is 27.3. The Kier molecular flexibility index (Phi) is 5.34. The molecule has 1 aliphatic carbocycles. The van der Waals surface area contributed by atoms with Crippen molar-refractivity contribution in [3.63, 3.8) is 0 Å². The molecule has 0 saturated heterocycles. The second-order valence-corrected chi connectivity index (χ2v) is 8.45. The van der Waals surface area contributed by atoms with E-state index in [1.165, 1.54) is 42.5 Å². The van der Waals surface area contributed by atoms with Crippen LogP contribution in [0.3, 0.4) is 0 Å². The summed E-state index contributed by atoms with van der Waals surface area (Å²) in [5, 5.41) is 24.2. The normalized spacial score (nSPS) is 11.9. The minimum absolute atomic E-state index is 0.00373. The monoisotopic (exact) mass is 525 g/mol. The summed E-state index contributed by atoms with van der Waals surface area (Å²) in [6.45, 7) is 0. The molecule has 1 aliphatic heterocycles. The molecule has 0 spiro atoms. The average Bonchev–Trinajstić information content (AvgIpc) is 3.34. The SMILES string of the molecule is O=Nc1cc(Cc2ccc(N=O)c3oc4c5c(cc(=O)c=4oc23)oc2cc(=NO)cc(N=O)c25)cc(N=O)c1. The van der Waals surface area contributed by atoms with Gasteiger partial charge < -0.3 is 18.5 Å². The van der Waals surface area contributed by atoms with Crippen LogP contribution in [0.2, 0.25) is 0 Å². The molecular formula is C25H11N5O9. The number of nitroso groups, excluding NO2 is 4. The molecule has 6 rings (SSSR count). The van der Waals surface area contributed by atoms with E-state index in [9.17, 15) is 24.4 Å². The van der Waals surface area contributed by atoms with Crippen LogP contribution in [0.4, 0.5) is 22.7 Å². The first-order chi connectivity index (χ1) is 19.0. The Balaban J connectivity index is 1.72. The quantitative estimate of drug-likeness (QED) is 0.143. The Bertz CT molecular complexity index is 2200. The number of nitrogens with zero attached hydrogens (tertiary/aromatic N) is 5. The van der Waals surface area contributed by atoms with Gasteiger partial charge in [0, 0.05) is 24.1 Å². The van der Waals surface area contributed by atoms with Gasteiger partial charge in [0.1, 0.15) is 33.6 Å². The molecule has 0 fully saturated rings. The van der Waals surface area contributed by atoms with Crippen molar-refractivity contribution < 1.29 is 18.5 Å². The molecule has 39 heavy (non-hydrogen) atoms. The first-order valence-electron chi connectivity index (χ1n) is 11.1. The Labute approximate surface area is 212 Å². The van der Waals surface area contributed by atoms with Crippen molar-refractivity contribution in [1.29, 1.82) is 0 Å². The van der Waals surface area contributed by atoms with Crippen LogP contribution in [0, 0.1) is 30.5 Å². The van der Waals surface area contributed by atoms with Crippen LogP contribution in [0.1, 0.15) is 11.1 Å². The van der Waals surface area contributed by atoms with Gasteiger partial charge in [-0.2, -0.15) is 0 Å². The molecule has 1 N–H and O–H groups in total. The molecule has 0 saturated carbocycles. The molecule has 0 unspecified atom stereocenters. The standard InChI is InChI=1S/C25H11N5O9/c31-17-9-19-21(20-16(30-36)7-14(28-34)8-18(20)37-19)25-24(17)38-22-11(1-2-15(29-35)23(22)39-25)3-10-4-12(26-32)6-13(5-10)27-33/h1-2,4-9,34H,3H2. The molecule has 0 amide bonds. The van der Waals surface area contributed by atoms with E-state index in [1.807, 2.05) is 0 Å². The number of hydrogen-bond acceptors (Lipinski definition) is 14. The number of fused-ring (bicyclic) bond motifs is 5. The second-order valence-electron chi connectivity index (χ2n) is 8.45. The largest absolute Gasteiger partial charge is 0.456 e. The van der Waals surface area contributed by atoms with Crippen molar-refractivity contribution in [3.05, 3.63) is 106 Å². The molecule has 2 aliphatic rings. The minimum Gasteiger partial charge on any atom is -0.456 e. The zero-order valence-electron chi connectivity index (χ0n) is 19.3. The van der Waals surface area contributed by atoms with Crippen molar-refractivity contribution >= 4 is 55.9 Å². The van der Waals surface area contributed by atoms with Gasteiger partial charge in [-0.1, -0.05) is 11.2 Å². The van der Waals surface area contributed by atoms with Gasteiger partial charge in [-0.05, 0) is 56.6 Å². The van der Waals surface area contributed by atoms with Gasteiger partial charge in [-0.25, -0.2) is 0 Å². The van der Waals surface area contributed by atoms with E-state index < -0.39 is 5.43 Å². The second kappa shape index (κ2) is 8.88. The molecule has 14 heteroatoms. The number of benzene rings is 3. The van der Waals surface area contributed by atoms with E-state index in [4.69, 9.17) is 18.5 Å². The van der Waals surface area contributed by atoms with E-state index in [-0.39, 0.29) is 78.5 Å². The third-order valence-electron chi connectivity index (χ3n) is 6.16. The summed E-state index contributed by atoms with van der Waals surface area (Å²) >= 11 is 0. The van der Waals surface area contributed by atoms with E-state index in [0.29, 0.717) is 11.1 Å². The number of furan rings is 1. The first kappa shape index (κ1) is 23.5. The Morgan fingerprint density at radius 3 is 2.03 bits per heavy atom. The Morgan fingerprint density at radius 2 is 1.36 bits per heavy atom. The molecule has 4 aromatic rings. The molecule has 3 aromatic carbocycles. The lowest BCUT2D eigenvalue weighted by Gasteiger charge is -2.08. The van der Waals surface area contributed by atoms with Gasteiger partial charge in [0.2, 0.25) is 10.8 Å².